The maximum Gasteiger partial charge on any atom is 0.209 e. The van der Waals surface area contributed by atoms with E-state index in [2.05, 4.69) is 15.5 Å². The van der Waals surface area contributed by atoms with Crippen molar-refractivity contribution >= 4 is 17.5 Å². The maximum atomic E-state index is 12.0. The Labute approximate surface area is 103 Å². The fourth-order valence-electron chi connectivity index (χ4n) is 1.44. The number of aryl methyl sites for hydroxylation is 2. The fraction of sp³-hybridized carbons (Fsp3) is 0.273. The van der Waals surface area contributed by atoms with Gasteiger partial charge in [0.15, 0.2) is 5.78 Å². The number of ketones is 1. The lowest BCUT2D eigenvalue weighted by molar-refractivity contribution is 0.102. The van der Waals surface area contributed by atoms with Crippen LogP contribution < -0.4 is 0 Å². The Kier molecular flexibility index (Phi) is 3.53. The highest BCUT2D eigenvalue weighted by molar-refractivity contribution is 7.99. The first-order valence-electron chi connectivity index (χ1n) is 5.12. The summed E-state index contributed by atoms with van der Waals surface area (Å²) in [7, 11) is 1.75. The van der Waals surface area contributed by atoms with E-state index in [1.807, 2.05) is 31.2 Å². The van der Waals surface area contributed by atoms with Gasteiger partial charge in [-0.15, -0.1) is 5.10 Å². The van der Waals surface area contributed by atoms with Gasteiger partial charge in [-0.1, -0.05) is 36.0 Å². The van der Waals surface area contributed by atoms with Crippen LogP contribution in [0.3, 0.4) is 0 Å². The standard InChI is InChI=1S/C11H12N4OS/c1-8-5-3-4-6-9(8)10(16)7-17-11-12-13-14-15(11)2/h3-6H,7H2,1-2H3. The molecule has 0 radical (unpaired) electrons. The average Bonchev–Trinajstić information content (AvgIpc) is 2.72. The number of tetrazole rings is 1. The van der Waals surface area contributed by atoms with Crippen LogP contribution in [-0.2, 0) is 7.05 Å². The molecule has 0 amide bonds. The van der Waals surface area contributed by atoms with Gasteiger partial charge in [0.1, 0.15) is 0 Å². The van der Waals surface area contributed by atoms with Crippen LogP contribution in [0.25, 0.3) is 0 Å². The van der Waals surface area contributed by atoms with Gasteiger partial charge in [-0.25, -0.2) is 4.68 Å². The predicted molar refractivity (Wildman–Crippen MR) is 65.0 cm³/mol. The summed E-state index contributed by atoms with van der Waals surface area (Å²) in [6, 6.07) is 7.57. The molecule has 1 aromatic carbocycles. The molecule has 0 N–H and O–H groups in total. The molecule has 2 rings (SSSR count). The van der Waals surface area contributed by atoms with Crippen molar-refractivity contribution < 1.29 is 4.79 Å². The summed E-state index contributed by atoms with van der Waals surface area (Å²) < 4.78 is 1.55. The largest absolute Gasteiger partial charge is 0.293 e. The van der Waals surface area contributed by atoms with Gasteiger partial charge in [0.25, 0.3) is 0 Å². The molecule has 1 heterocycles. The number of carbonyl (C=O) groups is 1. The SMILES string of the molecule is Cc1ccccc1C(=O)CSc1nnnn1C. The van der Waals surface area contributed by atoms with Gasteiger partial charge in [0.05, 0.1) is 5.75 Å². The van der Waals surface area contributed by atoms with E-state index in [-0.39, 0.29) is 5.78 Å². The summed E-state index contributed by atoms with van der Waals surface area (Å²) in [6.45, 7) is 1.93. The van der Waals surface area contributed by atoms with E-state index in [0.717, 1.165) is 11.1 Å². The van der Waals surface area contributed by atoms with E-state index in [1.54, 1.807) is 11.7 Å². The molecule has 0 aliphatic carbocycles. The molecule has 0 saturated heterocycles. The third kappa shape index (κ3) is 2.71. The molecular weight excluding hydrogens is 236 g/mol. The number of hydrogen-bond acceptors (Lipinski definition) is 5. The molecule has 6 heteroatoms. The van der Waals surface area contributed by atoms with Gasteiger partial charge in [-0.05, 0) is 22.9 Å². The van der Waals surface area contributed by atoms with Gasteiger partial charge in [0, 0.05) is 12.6 Å². The first kappa shape index (κ1) is 11.8. The molecule has 0 bridgehead atoms. The average molecular weight is 248 g/mol. The Morgan fingerprint density at radius 3 is 2.82 bits per heavy atom. The Bertz CT molecular complexity index is 538. The molecule has 0 aliphatic rings. The number of nitrogens with zero attached hydrogens (tertiary/aromatic N) is 4. The third-order valence-electron chi connectivity index (χ3n) is 2.36. The van der Waals surface area contributed by atoms with Crippen LogP contribution in [-0.4, -0.2) is 31.7 Å². The molecule has 0 atom stereocenters. The van der Waals surface area contributed by atoms with Crippen molar-refractivity contribution in [2.45, 2.75) is 12.1 Å². The minimum absolute atomic E-state index is 0.0936. The number of Topliss-reactive ketones (excluding diaryl/α,β-unsaturated/α-hetero) is 1. The van der Waals surface area contributed by atoms with E-state index in [0.29, 0.717) is 10.9 Å². The number of rotatable bonds is 4. The predicted octanol–water partition coefficient (Wildman–Crippen LogP) is 1.49. The van der Waals surface area contributed by atoms with Crippen molar-refractivity contribution in [1.82, 2.24) is 20.2 Å². The second kappa shape index (κ2) is 5.09. The second-order valence-electron chi connectivity index (χ2n) is 3.61. The van der Waals surface area contributed by atoms with E-state index >= 15 is 0 Å². The molecule has 5 nitrogen and oxygen atoms in total. The summed E-state index contributed by atoms with van der Waals surface area (Å²) in [4.78, 5) is 12.0. The Hall–Kier alpha value is -1.69. The van der Waals surface area contributed by atoms with Gasteiger partial charge >= 0.3 is 0 Å². The zero-order chi connectivity index (χ0) is 12.3. The van der Waals surface area contributed by atoms with Crippen LogP contribution >= 0.6 is 11.8 Å². The lowest BCUT2D eigenvalue weighted by Gasteiger charge is -2.03. The van der Waals surface area contributed by atoms with Crippen molar-refractivity contribution in [3.05, 3.63) is 35.4 Å². The number of benzene rings is 1. The van der Waals surface area contributed by atoms with Crippen molar-refractivity contribution in [3.63, 3.8) is 0 Å². The summed E-state index contributed by atoms with van der Waals surface area (Å²) >= 11 is 1.34. The van der Waals surface area contributed by atoms with Crippen LogP contribution in [0.4, 0.5) is 0 Å². The fourth-order valence-corrected chi connectivity index (χ4v) is 2.17. The number of aromatic nitrogens is 4. The van der Waals surface area contributed by atoms with E-state index < -0.39 is 0 Å². The highest BCUT2D eigenvalue weighted by atomic mass is 32.2. The van der Waals surface area contributed by atoms with Gasteiger partial charge in [-0.3, -0.25) is 4.79 Å². The molecule has 88 valence electrons. The normalized spacial score (nSPS) is 10.5. The molecular formula is C11H12N4OS. The summed E-state index contributed by atoms with van der Waals surface area (Å²) in [5, 5.41) is 11.7. The van der Waals surface area contributed by atoms with Crippen molar-refractivity contribution in [2.75, 3.05) is 5.75 Å². The molecule has 1 aromatic heterocycles. The smallest absolute Gasteiger partial charge is 0.209 e. The van der Waals surface area contributed by atoms with Crippen molar-refractivity contribution in [3.8, 4) is 0 Å². The summed E-state index contributed by atoms with van der Waals surface area (Å²) in [6.07, 6.45) is 0. The maximum absolute atomic E-state index is 12.0. The monoisotopic (exact) mass is 248 g/mol. The summed E-state index contributed by atoms with van der Waals surface area (Å²) in [5.41, 5.74) is 1.75. The molecule has 0 aliphatic heterocycles. The first-order chi connectivity index (χ1) is 8.18. The van der Waals surface area contributed by atoms with Gasteiger partial charge in [0.2, 0.25) is 5.16 Å². The van der Waals surface area contributed by atoms with Crippen molar-refractivity contribution in [2.24, 2.45) is 7.05 Å². The van der Waals surface area contributed by atoms with E-state index in [9.17, 15) is 4.79 Å². The molecule has 17 heavy (non-hydrogen) atoms. The van der Waals surface area contributed by atoms with E-state index in [1.165, 1.54) is 11.8 Å². The molecule has 0 unspecified atom stereocenters. The van der Waals surface area contributed by atoms with Crippen LogP contribution in [0.5, 0.6) is 0 Å². The Morgan fingerprint density at radius 2 is 2.18 bits per heavy atom. The lowest BCUT2D eigenvalue weighted by Crippen LogP contribution is -2.05. The minimum Gasteiger partial charge on any atom is -0.293 e. The zero-order valence-corrected chi connectivity index (χ0v) is 10.4. The summed E-state index contributed by atoms with van der Waals surface area (Å²) in [5.74, 6) is 0.440. The van der Waals surface area contributed by atoms with Crippen LogP contribution in [0.1, 0.15) is 15.9 Å². The molecule has 2 aromatic rings. The number of thioether (sulfide) groups is 1. The third-order valence-corrected chi connectivity index (χ3v) is 3.37. The highest BCUT2D eigenvalue weighted by Gasteiger charge is 2.11. The van der Waals surface area contributed by atoms with Crippen LogP contribution in [0, 0.1) is 6.92 Å². The first-order valence-corrected chi connectivity index (χ1v) is 6.11. The quantitative estimate of drug-likeness (QED) is 0.606. The van der Waals surface area contributed by atoms with Gasteiger partial charge < -0.3 is 0 Å². The molecule has 0 spiro atoms. The highest BCUT2D eigenvalue weighted by Crippen LogP contribution is 2.16. The van der Waals surface area contributed by atoms with Crippen LogP contribution in [0.2, 0.25) is 0 Å². The second-order valence-corrected chi connectivity index (χ2v) is 4.55. The van der Waals surface area contributed by atoms with Crippen molar-refractivity contribution in [1.29, 1.82) is 0 Å². The lowest BCUT2D eigenvalue weighted by atomic mass is 10.1. The minimum atomic E-state index is 0.0936. The van der Waals surface area contributed by atoms with E-state index in [4.69, 9.17) is 0 Å². The molecule has 0 saturated carbocycles. The zero-order valence-electron chi connectivity index (χ0n) is 9.62. The topological polar surface area (TPSA) is 60.7 Å². The van der Waals surface area contributed by atoms with Crippen LogP contribution in [0.15, 0.2) is 29.4 Å². The number of carbonyl (C=O) groups excluding carboxylic acids is 1. The Morgan fingerprint density at radius 1 is 1.41 bits per heavy atom. The Balaban J connectivity index is 2.04. The number of hydrogen-bond donors (Lipinski definition) is 0. The van der Waals surface area contributed by atoms with Gasteiger partial charge in [-0.2, -0.15) is 0 Å². The molecule has 0 fully saturated rings.